The maximum Gasteiger partial charge on any atom is 0.334 e. The molecule has 1 N–H and O–H groups in total. The van der Waals surface area contributed by atoms with Crippen molar-refractivity contribution in [1.82, 2.24) is 4.90 Å². The van der Waals surface area contributed by atoms with Gasteiger partial charge in [0.25, 0.3) is 0 Å². The maximum absolute atomic E-state index is 12.2. The molecule has 1 heterocycles. The van der Waals surface area contributed by atoms with Gasteiger partial charge in [-0.05, 0) is 18.1 Å². The fourth-order valence-electron chi connectivity index (χ4n) is 2.11. The zero-order chi connectivity index (χ0) is 13.8. The first-order valence-corrected chi connectivity index (χ1v) is 6.24. The summed E-state index contributed by atoms with van der Waals surface area (Å²) in [5.41, 5.74) is 2.05. The average Bonchev–Trinajstić information content (AvgIpc) is 2.41. The van der Waals surface area contributed by atoms with Crippen molar-refractivity contribution in [2.45, 2.75) is 19.4 Å². The van der Waals surface area contributed by atoms with Crippen LogP contribution in [0.1, 0.15) is 11.1 Å². The fourth-order valence-corrected chi connectivity index (χ4v) is 2.11. The standard InChI is InChI=1S/C14H17NO4/c1-10-4-2-3-5-11(10)8-13(16)15-6-7-19-12(9-15)14(17)18/h2-5,12H,6-9H2,1H3,(H,17,18). The molecule has 0 aliphatic carbocycles. The molecule has 0 bridgehead atoms. The molecule has 1 aliphatic rings. The van der Waals surface area contributed by atoms with Crippen LogP contribution < -0.4 is 0 Å². The summed E-state index contributed by atoms with van der Waals surface area (Å²) < 4.78 is 5.10. The minimum Gasteiger partial charge on any atom is -0.479 e. The van der Waals surface area contributed by atoms with E-state index < -0.39 is 12.1 Å². The van der Waals surface area contributed by atoms with E-state index in [1.54, 1.807) is 4.90 Å². The molecule has 1 aromatic rings. The van der Waals surface area contributed by atoms with Crippen molar-refractivity contribution < 1.29 is 19.4 Å². The molecule has 5 heteroatoms. The molecule has 1 saturated heterocycles. The molecule has 1 aliphatic heterocycles. The Morgan fingerprint density at radius 3 is 2.84 bits per heavy atom. The van der Waals surface area contributed by atoms with Gasteiger partial charge in [-0.3, -0.25) is 4.79 Å². The number of carboxylic acids is 1. The Bertz CT molecular complexity index is 486. The van der Waals surface area contributed by atoms with Gasteiger partial charge in [-0.1, -0.05) is 24.3 Å². The molecule has 102 valence electrons. The number of morpholine rings is 1. The first-order valence-electron chi connectivity index (χ1n) is 6.24. The number of hydrogen-bond acceptors (Lipinski definition) is 3. The van der Waals surface area contributed by atoms with E-state index in [-0.39, 0.29) is 19.1 Å². The van der Waals surface area contributed by atoms with Gasteiger partial charge < -0.3 is 14.7 Å². The zero-order valence-corrected chi connectivity index (χ0v) is 10.8. The van der Waals surface area contributed by atoms with Crippen LogP contribution in [0.3, 0.4) is 0 Å². The Hall–Kier alpha value is -1.88. The molecule has 1 amide bonds. The van der Waals surface area contributed by atoms with Gasteiger partial charge in [0, 0.05) is 6.54 Å². The number of carboxylic acid groups (broad SMARTS) is 1. The van der Waals surface area contributed by atoms with Gasteiger partial charge in [-0.25, -0.2) is 4.79 Å². The van der Waals surface area contributed by atoms with E-state index in [0.717, 1.165) is 11.1 Å². The number of nitrogens with zero attached hydrogens (tertiary/aromatic N) is 1. The van der Waals surface area contributed by atoms with E-state index in [1.807, 2.05) is 31.2 Å². The smallest absolute Gasteiger partial charge is 0.334 e. The molecule has 1 unspecified atom stereocenters. The summed E-state index contributed by atoms with van der Waals surface area (Å²) in [7, 11) is 0. The highest BCUT2D eigenvalue weighted by molar-refractivity contribution is 5.80. The Morgan fingerprint density at radius 2 is 2.16 bits per heavy atom. The number of aliphatic carboxylic acids is 1. The van der Waals surface area contributed by atoms with Gasteiger partial charge in [-0.2, -0.15) is 0 Å². The van der Waals surface area contributed by atoms with Crippen molar-refractivity contribution in [3.63, 3.8) is 0 Å². The first kappa shape index (κ1) is 13.5. The Kier molecular flexibility index (Phi) is 4.16. The predicted molar refractivity (Wildman–Crippen MR) is 68.8 cm³/mol. The zero-order valence-electron chi connectivity index (χ0n) is 10.8. The minimum atomic E-state index is -1.02. The normalized spacial score (nSPS) is 19.2. The van der Waals surface area contributed by atoms with E-state index in [9.17, 15) is 9.59 Å². The van der Waals surface area contributed by atoms with Gasteiger partial charge in [0.15, 0.2) is 6.10 Å². The van der Waals surface area contributed by atoms with Gasteiger partial charge in [0.05, 0.1) is 19.6 Å². The summed E-state index contributed by atoms with van der Waals surface area (Å²) in [5.74, 6) is -1.07. The summed E-state index contributed by atoms with van der Waals surface area (Å²) >= 11 is 0. The molecular formula is C14H17NO4. The summed E-state index contributed by atoms with van der Waals surface area (Å²) in [6, 6.07) is 7.71. The van der Waals surface area contributed by atoms with Crippen LogP contribution in [0.2, 0.25) is 0 Å². The van der Waals surface area contributed by atoms with Crippen molar-refractivity contribution in [1.29, 1.82) is 0 Å². The largest absolute Gasteiger partial charge is 0.479 e. The Balaban J connectivity index is 2.00. The second-order valence-electron chi connectivity index (χ2n) is 4.64. The molecule has 0 spiro atoms. The Morgan fingerprint density at radius 1 is 1.42 bits per heavy atom. The molecule has 0 aromatic heterocycles. The molecule has 1 fully saturated rings. The summed E-state index contributed by atoms with van der Waals surface area (Å²) in [5, 5.41) is 8.91. The topological polar surface area (TPSA) is 66.8 Å². The van der Waals surface area contributed by atoms with Crippen LogP contribution in [0, 0.1) is 6.92 Å². The van der Waals surface area contributed by atoms with Gasteiger partial charge in [0.2, 0.25) is 5.91 Å². The number of hydrogen-bond donors (Lipinski definition) is 1. The average molecular weight is 263 g/mol. The monoisotopic (exact) mass is 263 g/mol. The molecule has 1 atom stereocenters. The van der Waals surface area contributed by atoms with Gasteiger partial charge in [0.1, 0.15) is 0 Å². The second-order valence-corrected chi connectivity index (χ2v) is 4.64. The van der Waals surface area contributed by atoms with Crippen molar-refractivity contribution in [3.05, 3.63) is 35.4 Å². The van der Waals surface area contributed by atoms with Crippen LogP contribution in [-0.4, -0.2) is 47.7 Å². The SMILES string of the molecule is Cc1ccccc1CC(=O)N1CCOC(C(=O)O)C1. The number of aryl methyl sites for hydroxylation is 1. The van der Waals surface area contributed by atoms with Gasteiger partial charge >= 0.3 is 5.97 Å². The lowest BCUT2D eigenvalue weighted by Gasteiger charge is -2.31. The maximum atomic E-state index is 12.2. The van der Waals surface area contributed by atoms with E-state index >= 15 is 0 Å². The highest BCUT2D eigenvalue weighted by Crippen LogP contribution is 2.12. The number of benzene rings is 1. The van der Waals surface area contributed by atoms with Crippen molar-refractivity contribution in [2.24, 2.45) is 0 Å². The third-order valence-electron chi connectivity index (χ3n) is 3.30. The lowest BCUT2D eigenvalue weighted by molar-refractivity contribution is -0.159. The first-order chi connectivity index (χ1) is 9.08. The van der Waals surface area contributed by atoms with E-state index in [1.165, 1.54) is 0 Å². The molecule has 0 saturated carbocycles. The number of ether oxygens (including phenoxy) is 1. The van der Waals surface area contributed by atoms with E-state index in [4.69, 9.17) is 9.84 Å². The van der Waals surface area contributed by atoms with Crippen molar-refractivity contribution >= 4 is 11.9 Å². The minimum absolute atomic E-state index is 0.0520. The number of amides is 1. The van der Waals surface area contributed by atoms with Crippen LogP contribution in [0.15, 0.2) is 24.3 Å². The van der Waals surface area contributed by atoms with E-state index in [0.29, 0.717) is 13.0 Å². The van der Waals surface area contributed by atoms with Crippen molar-refractivity contribution in [2.75, 3.05) is 19.7 Å². The van der Waals surface area contributed by atoms with Crippen LogP contribution in [0.5, 0.6) is 0 Å². The summed E-state index contributed by atoms with van der Waals surface area (Å²) in [4.78, 5) is 24.6. The highest BCUT2D eigenvalue weighted by atomic mass is 16.5. The second kappa shape index (κ2) is 5.84. The lowest BCUT2D eigenvalue weighted by atomic mass is 10.1. The van der Waals surface area contributed by atoms with Gasteiger partial charge in [-0.15, -0.1) is 0 Å². The molecule has 1 aromatic carbocycles. The van der Waals surface area contributed by atoms with Crippen LogP contribution >= 0.6 is 0 Å². The van der Waals surface area contributed by atoms with Crippen molar-refractivity contribution in [3.8, 4) is 0 Å². The molecule has 19 heavy (non-hydrogen) atoms. The number of rotatable bonds is 3. The summed E-state index contributed by atoms with van der Waals surface area (Å²) in [6.07, 6.45) is -0.603. The predicted octanol–water partition coefficient (Wildman–Crippen LogP) is 0.850. The Labute approximate surface area is 111 Å². The lowest BCUT2D eigenvalue weighted by Crippen LogP contribution is -2.49. The number of carbonyl (C=O) groups excluding carboxylic acids is 1. The summed E-state index contributed by atoms with van der Waals surface area (Å²) in [6.45, 7) is 2.81. The van der Waals surface area contributed by atoms with Crippen LogP contribution in [-0.2, 0) is 20.7 Å². The van der Waals surface area contributed by atoms with E-state index in [2.05, 4.69) is 0 Å². The third-order valence-corrected chi connectivity index (χ3v) is 3.30. The molecular weight excluding hydrogens is 246 g/mol. The number of carbonyl (C=O) groups is 2. The molecule has 5 nitrogen and oxygen atoms in total. The van der Waals surface area contributed by atoms with Crippen LogP contribution in [0.4, 0.5) is 0 Å². The molecule has 2 rings (SSSR count). The van der Waals surface area contributed by atoms with Crippen LogP contribution in [0.25, 0.3) is 0 Å². The third kappa shape index (κ3) is 3.32. The fraction of sp³-hybridized carbons (Fsp3) is 0.429. The molecule has 0 radical (unpaired) electrons. The highest BCUT2D eigenvalue weighted by Gasteiger charge is 2.28. The quantitative estimate of drug-likeness (QED) is 0.878.